The lowest BCUT2D eigenvalue weighted by molar-refractivity contribution is -0.119. The highest BCUT2D eigenvalue weighted by atomic mass is 16.1. The Hall–Kier alpha value is -1.35. The van der Waals surface area contributed by atoms with Crippen LogP contribution in [-0.4, -0.2) is 5.91 Å². The number of nitrogens with two attached hydrogens (primary N) is 2. The molecule has 0 heterocycles. The Morgan fingerprint density at radius 1 is 1.36 bits per heavy atom. The molecule has 0 aliphatic heterocycles. The van der Waals surface area contributed by atoms with E-state index < -0.39 is 11.9 Å². The third-order valence-electron chi connectivity index (χ3n) is 2.65. The molecule has 1 aromatic carbocycles. The van der Waals surface area contributed by atoms with E-state index in [0.717, 1.165) is 5.56 Å². The van der Waals surface area contributed by atoms with Gasteiger partial charge in [0.2, 0.25) is 5.91 Å². The molecule has 0 aromatic heterocycles. The van der Waals surface area contributed by atoms with Gasteiger partial charge in [-0.3, -0.25) is 4.79 Å². The van der Waals surface area contributed by atoms with Crippen LogP contribution < -0.4 is 11.5 Å². The summed E-state index contributed by atoms with van der Waals surface area (Å²) in [4.78, 5) is 11.0. The quantitative estimate of drug-likeness (QED) is 0.748. The first-order valence-corrected chi connectivity index (χ1v) is 4.84. The Balaban J connectivity index is 2.35. The molecule has 1 unspecified atom stereocenters. The van der Waals surface area contributed by atoms with Crippen LogP contribution in [0, 0.1) is 0 Å². The molecule has 1 atom stereocenters. The van der Waals surface area contributed by atoms with Gasteiger partial charge in [0.15, 0.2) is 0 Å². The van der Waals surface area contributed by atoms with E-state index >= 15 is 0 Å². The number of benzene rings is 1. The molecular weight excluding hydrogens is 176 g/mol. The molecule has 0 spiro atoms. The summed E-state index contributed by atoms with van der Waals surface area (Å²) in [7, 11) is 0. The van der Waals surface area contributed by atoms with Crippen molar-refractivity contribution in [1.29, 1.82) is 0 Å². The molecule has 0 bridgehead atoms. The number of hydrogen-bond acceptors (Lipinski definition) is 2. The Kier molecular flexibility index (Phi) is 2.25. The van der Waals surface area contributed by atoms with Gasteiger partial charge in [0.1, 0.15) is 6.04 Å². The second-order valence-electron chi connectivity index (χ2n) is 3.78. The summed E-state index contributed by atoms with van der Waals surface area (Å²) in [5.74, 6) is 0.134. The highest BCUT2D eigenvalue weighted by molar-refractivity contribution is 5.81. The zero-order valence-electron chi connectivity index (χ0n) is 7.94. The third-order valence-corrected chi connectivity index (χ3v) is 2.65. The van der Waals surface area contributed by atoms with E-state index in [0.29, 0.717) is 5.92 Å². The fourth-order valence-electron chi connectivity index (χ4n) is 1.71. The highest BCUT2D eigenvalue weighted by Crippen LogP contribution is 2.42. The van der Waals surface area contributed by atoms with E-state index in [9.17, 15) is 4.79 Å². The second kappa shape index (κ2) is 3.42. The van der Waals surface area contributed by atoms with Crippen LogP contribution in [0.3, 0.4) is 0 Å². The van der Waals surface area contributed by atoms with Gasteiger partial charge in [-0.05, 0) is 29.9 Å². The number of rotatable bonds is 3. The second-order valence-corrected chi connectivity index (χ2v) is 3.78. The maximum absolute atomic E-state index is 11.0. The maximum atomic E-state index is 11.0. The van der Waals surface area contributed by atoms with E-state index in [1.807, 2.05) is 24.3 Å². The van der Waals surface area contributed by atoms with E-state index in [1.54, 1.807) is 0 Å². The van der Waals surface area contributed by atoms with Crippen LogP contribution in [0.2, 0.25) is 0 Å². The van der Waals surface area contributed by atoms with E-state index in [4.69, 9.17) is 11.5 Å². The Morgan fingerprint density at radius 3 is 2.57 bits per heavy atom. The number of primary amides is 1. The summed E-state index contributed by atoms with van der Waals surface area (Å²) in [6.45, 7) is 0. The standard InChI is InChI=1S/C11H14N2O/c12-10(11(13)14)9-4-2-1-3-8(9)7-5-6-7/h1-4,7,10H,5-6,12H2,(H2,13,14). The molecular formula is C11H14N2O. The van der Waals surface area contributed by atoms with Crippen molar-refractivity contribution >= 4 is 5.91 Å². The predicted octanol–water partition coefficient (Wildman–Crippen LogP) is 1.05. The van der Waals surface area contributed by atoms with Crippen LogP contribution in [0.4, 0.5) is 0 Å². The first-order chi connectivity index (χ1) is 6.70. The molecule has 1 saturated carbocycles. The van der Waals surface area contributed by atoms with Gasteiger partial charge in [0.05, 0.1) is 0 Å². The summed E-state index contributed by atoms with van der Waals surface area (Å²) in [5.41, 5.74) is 13.0. The lowest BCUT2D eigenvalue weighted by atomic mass is 9.97. The van der Waals surface area contributed by atoms with Gasteiger partial charge < -0.3 is 11.5 Å². The van der Waals surface area contributed by atoms with E-state index in [-0.39, 0.29) is 0 Å². The molecule has 0 saturated heterocycles. The molecule has 74 valence electrons. The lowest BCUT2D eigenvalue weighted by Gasteiger charge is -2.12. The van der Waals surface area contributed by atoms with Crippen LogP contribution in [0.15, 0.2) is 24.3 Å². The molecule has 1 aromatic rings. The lowest BCUT2D eigenvalue weighted by Crippen LogP contribution is -2.29. The number of hydrogen-bond donors (Lipinski definition) is 2. The average Bonchev–Trinajstić information content (AvgIpc) is 3.00. The van der Waals surface area contributed by atoms with E-state index in [1.165, 1.54) is 18.4 Å². The van der Waals surface area contributed by atoms with Gasteiger partial charge in [-0.25, -0.2) is 0 Å². The smallest absolute Gasteiger partial charge is 0.238 e. The summed E-state index contributed by atoms with van der Waals surface area (Å²) < 4.78 is 0. The fraction of sp³-hybridized carbons (Fsp3) is 0.364. The number of carbonyl (C=O) groups excluding carboxylic acids is 1. The minimum absolute atomic E-state index is 0.460. The summed E-state index contributed by atoms with van der Waals surface area (Å²) in [6, 6.07) is 7.14. The fourth-order valence-corrected chi connectivity index (χ4v) is 1.71. The minimum atomic E-state index is -0.660. The van der Waals surface area contributed by atoms with Crippen molar-refractivity contribution in [1.82, 2.24) is 0 Å². The third kappa shape index (κ3) is 1.63. The highest BCUT2D eigenvalue weighted by Gasteiger charge is 2.28. The van der Waals surface area contributed by atoms with Crippen LogP contribution in [0.5, 0.6) is 0 Å². The summed E-state index contributed by atoms with van der Waals surface area (Å²) in [5, 5.41) is 0. The summed E-state index contributed by atoms with van der Waals surface area (Å²) >= 11 is 0. The Labute approximate surface area is 83.1 Å². The SMILES string of the molecule is NC(=O)C(N)c1ccccc1C1CC1. The van der Waals surface area contributed by atoms with Crippen molar-refractivity contribution in [3.8, 4) is 0 Å². The topological polar surface area (TPSA) is 69.1 Å². The number of carbonyl (C=O) groups is 1. The van der Waals surface area contributed by atoms with Crippen molar-refractivity contribution in [2.75, 3.05) is 0 Å². The molecule has 1 aliphatic carbocycles. The Bertz CT molecular complexity index is 358. The van der Waals surface area contributed by atoms with Crippen LogP contribution in [-0.2, 0) is 4.79 Å². The maximum Gasteiger partial charge on any atom is 0.238 e. The normalized spacial score (nSPS) is 17.8. The molecule has 14 heavy (non-hydrogen) atoms. The zero-order valence-corrected chi connectivity index (χ0v) is 7.94. The van der Waals surface area contributed by atoms with Gasteiger partial charge >= 0.3 is 0 Å². The van der Waals surface area contributed by atoms with Gasteiger partial charge in [-0.15, -0.1) is 0 Å². The molecule has 4 N–H and O–H groups in total. The van der Waals surface area contributed by atoms with Crippen molar-refractivity contribution in [2.24, 2.45) is 11.5 Å². The average molecular weight is 190 g/mol. The first-order valence-electron chi connectivity index (χ1n) is 4.84. The molecule has 1 fully saturated rings. The summed E-state index contributed by atoms with van der Waals surface area (Å²) in [6.07, 6.45) is 2.39. The number of amides is 1. The largest absolute Gasteiger partial charge is 0.368 e. The minimum Gasteiger partial charge on any atom is -0.368 e. The van der Waals surface area contributed by atoms with Crippen molar-refractivity contribution in [3.05, 3.63) is 35.4 Å². The van der Waals surface area contributed by atoms with Crippen molar-refractivity contribution < 1.29 is 4.79 Å². The molecule has 2 rings (SSSR count). The van der Waals surface area contributed by atoms with Gasteiger partial charge in [-0.1, -0.05) is 24.3 Å². The van der Waals surface area contributed by atoms with Crippen LogP contribution in [0.1, 0.15) is 35.9 Å². The molecule has 3 heteroatoms. The first kappa shape index (κ1) is 9.21. The van der Waals surface area contributed by atoms with Crippen molar-refractivity contribution in [3.63, 3.8) is 0 Å². The monoisotopic (exact) mass is 190 g/mol. The van der Waals surface area contributed by atoms with Crippen LogP contribution >= 0.6 is 0 Å². The van der Waals surface area contributed by atoms with Crippen molar-refractivity contribution in [2.45, 2.75) is 24.8 Å². The van der Waals surface area contributed by atoms with Gasteiger partial charge in [0, 0.05) is 0 Å². The van der Waals surface area contributed by atoms with Crippen LogP contribution in [0.25, 0.3) is 0 Å². The molecule has 1 amide bonds. The predicted molar refractivity (Wildman–Crippen MR) is 54.5 cm³/mol. The van der Waals surface area contributed by atoms with E-state index in [2.05, 4.69) is 0 Å². The van der Waals surface area contributed by atoms with Gasteiger partial charge in [-0.2, -0.15) is 0 Å². The zero-order chi connectivity index (χ0) is 10.1. The Morgan fingerprint density at radius 2 is 2.00 bits per heavy atom. The molecule has 0 radical (unpaired) electrons. The van der Waals surface area contributed by atoms with Gasteiger partial charge in [0.25, 0.3) is 0 Å². The molecule has 3 nitrogen and oxygen atoms in total. The molecule has 1 aliphatic rings.